The molecule has 0 aromatic heterocycles. The number of aliphatic carboxylic acids is 1. The Morgan fingerprint density at radius 2 is 2.21 bits per heavy atom. The van der Waals surface area contributed by atoms with Crippen molar-refractivity contribution in [1.29, 1.82) is 0 Å². The number of rotatable bonds is 2. The van der Waals surface area contributed by atoms with Gasteiger partial charge < -0.3 is 15.3 Å². The molecule has 106 valence electrons. The minimum atomic E-state index is -0.946. The number of carbonyl (C=O) groups excluding carboxylic acids is 2. The molecule has 3 saturated heterocycles. The Hall–Kier alpha value is -0.950. The van der Waals surface area contributed by atoms with Crippen LogP contribution in [-0.2, 0) is 14.4 Å². The van der Waals surface area contributed by atoms with Gasteiger partial charge in [0.2, 0.25) is 11.8 Å². The Morgan fingerprint density at radius 3 is 2.58 bits per heavy atom. The van der Waals surface area contributed by atoms with Crippen molar-refractivity contribution in [3.8, 4) is 0 Å². The molecule has 0 aliphatic carbocycles. The lowest BCUT2D eigenvalue weighted by Crippen LogP contribution is -2.61. The summed E-state index contributed by atoms with van der Waals surface area (Å²) in [4.78, 5) is 33.6. The fourth-order valence-corrected chi connectivity index (χ4v) is 3.75. The number of hydrogen-bond donors (Lipinski definition) is 2. The van der Waals surface area contributed by atoms with E-state index < -0.39 is 11.4 Å². The minimum Gasteiger partial charge on any atom is -0.481 e. The number of fused-ring (bicyclic) bond motifs is 1. The van der Waals surface area contributed by atoms with E-state index in [0.717, 1.165) is 13.0 Å². The number of β-lactam (4-membered cyclic amide) rings is 2. The van der Waals surface area contributed by atoms with Crippen LogP contribution in [0.4, 0.5) is 0 Å². The number of thioether (sulfide) groups is 1. The van der Waals surface area contributed by atoms with Gasteiger partial charge in [-0.05, 0) is 0 Å². The maximum Gasteiger partial charge on any atom is 0.313 e. The van der Waals surface area contributed by atoms with Crippen LogP contribution in [0.25, 0.3) is 0 Å². The quantitative estimate of drug-likeness (QED) is 0.558. The molecule has 3 heterocycles. The lowest BCUT2D eigenvalue weighted by Gasteiger charge is -2.49. The predicted molar refractivity (Wildman–Crippen MR) is 71.0 cm³/mol. The molecule has 3 aliphatic heterocycles. The number of carboxylic acid groups (broad SMARTS) is 1. The third kappa shape index (κ3) is 2.81. The zero-order valence-electron chi connectivity index (χ0n) is 10.2. The van der Waals surface area contributed by atoms with Crippen molar-refractivity contribution >= 4 is 41.1 Å². The maximum absolute atomic E-state index is 11.2. The average molecular weight is 307 g/mol. The van der Waals surface area contributed by atoms with E-state index in [1.807, 2.05) is 0 Å². The Labute approximate surface area is 119 Å². The fourth-order valence-electron chi connectivity index (χ4n) is 1.89. The second-order valence-electron chi connectivity index (χ2n) is 4.81. The summed E-state index contributed by atoms with van der Waals surface area (Å²) < 4.78 is 0. The van der Waals surface area contributed by atoms with Crippen LogP contribution >= 0.6 is 23.4 Å². The van der Waals surface area contributed by atoms with Gasteiger partial charge in [-0.2, -0.15) is 0 Å². The van der Waals surface area contributed by atoms with Crippen LogP contribution in [-0.4, -0.2) is 57.9 Å². The third-order valence-corrected chi connectivity index (χ3v) is 5.46. The van der Waals surface area contributed by atoms with E-state index in [-0.39, 0.29) is 29.6 Å². The Kier molecular flexibility index (Phi) is 4.25. The molecule has 0 bridgehead atoms. The third-order valence-electron chi connectivity index (χ3n) is 3.43. The molecule has 2 amide bonds. The van der Waals surface area contributed by atoms with Crippen molar-refractivity contribution in [2.24, 2.45) is 5.41 Å². The van der Waals surface area contributed by atoms with E-state index in [1.165, 1.54) is 11.8 Å². The molecule has 8 heteroatoms. The first-order chi connectivity index (χ1) is 8.98. The van der Waals surface area contributed by atoms with E-state index in [0.29, 0.717) is 12.2 Å². The van der Waals surface area contributed by atoms with Gasteiger partial charge in [-0.15, -0.1) is 23.4 Å². The Bertz CT molecular complexity index is 413. The Morgan fingerprint density at radius 1 is 1.58 bits per heavy atom. The van der Waals surface area contributed by atoms with Crippen LogP contribution in [0.1, 0.15) is 12.8 Å². The van der Waals surface area contributed by atoms with Crippen molar-refractivity contribution in [2.75, 3.05) is 24.7 Å². The topological polar surface area (TPSA) is 86.7 Å². The Balaban J connectivity index is 0.000000224. The standard InChI is InChI=1S/C8H10ClNO3S.C3H5NO/c9-2-8(7(12)13)3-10-5(11)1-6(10)14-4-8;5-3-1-2-4-3/h6H,1-4H2,(H,12,13);1-2H2,(H,4,5)/t6-,8?;/m1./s1. The normalized spacial score (nSPS) is 32.1. The number of carboxylic acids is 1. The lowest BCUT2D eigenvalue weighted by molar-refractivity contribution is -0.153. The molecule has 2 atom stereocenters. The van der Waals surface area contributed by atoms with Crippen molar-refractivity contribution in [3.05, 3.63) is 0 Å². The molecule has 3 fully saturated rings. The van der Waals surface area contributed by atoms with Crippen molar-refractivity contribution in [2.45, 2.75) is 18.2 Å². The predicted octanol–water partition coefficient (Wildman–Crippen LogP) is 0.108. The highest BCUT2D eigenvalue weighted by molar-refractivity contribution is 8.00. The monoisotopic (exact) mass is 306 g/mol. The number of halogens is 1. The van der Waals surface area contributed by atoms with Crippen LogP contribution in [0, 0.1) is 5.41 Å². The molecule has 0 aromatic carbocycles. The van der Waals surface area contributed by atoms with Gasteiger partial charge >= 0.3 is 5.97 Å². The number of nitrogens with zero attached hydrogens (tertiary/aromatic N) is 1. The minimum absolute atomic E-state index is 0.0398. The molecule has 3 aliphatic rings. The van der Waals surface area contributed by atoms with Gasteiger partial charge in [-0.1, -0.05) is 0 Å². The van der Waals surface area contributed by atoms with Gasteiger partial charge in [0.25, 0.3) is 0 Å². The highest BCUT2D eigenvalue weighted by atomic mass is 35.5. The van der Waals surface area contributed by atoms with Crippen molar-refractivity contribution < 1.29 is 19.5 Å². The molecule has 6 nitrogen and oxygen atoms in total. The summed E-state index contributed by atoms with van der Waals surface area (Å²) in [6, 6.07) is 0. The highest BCUT2D eigenvalue weighted by Crippen LogP contribution is 2.42. The van der Waals surface area contributed by atoms with E-state index in [1.54, 1.807) is 4.90 Å². The van der Waals surface area contributed by atoms with Crippen LogP contribution in [0.15, 0.2) is 0 Å². The average Bonchev–Trinajstić information content (AvgIpc) is 2.36. The second-order valence-corrected chi connectivity index (χ2v) is 6.24. The van der Waals surface area contributed by atoms with Crippen LogP contribution in [0.2, 0.25) is 0 Å². The van der Waals surface area contributed by atoms with Gasteiger partial charge in [0.1, 0.15) is 5.41 Å². The van der Waals surface area contributed by atoms with E-state index in [9.17, 15) is 14.4 Å². The zero-order chi connectivity index (χ0) is 14.0. The summed E-state index contributed by atoms with van der Waals surface area (Å²) in [6.07, 6.45) is 1.28. The highest BCUT2D eigenvalue weighted by Gasteiger charge is 2.51. The SMILES string of the molecule is O=C1CCN1.O=C1C[C@H]2SCC(CCl)(C(=O)O)CN12. The summed E-state index contributed by atoms with van der Waals surface area (Å²) in [7, 11) is 0. The molecular formula is C11H15ClN2O4S. The summed E-state index contributed by atoms with van der Waals surface area (Å²) in [6.45, 7) is 1.15. The lowest BCUT2D eigenvalue weighted by atomic mass is 9.90. The van der Waals surface area contributed by atoms with Crippen LogP contribution in [0.3, 0.4) is 0 Å². The molecule has 2 N–H and O–H groups in total. The zero-order valence-corrected chi connectivity index (χ0v) is 11.8. The van der Waals surface area contributed by atoms with E-state index in [4.69, 9.17) is 16.7 Å². The van der Waals surface area contributed by atoms with Crippen molar-refractivity contribution in [3.63, 3.8) is 0 Å². The largest absolute Gasteiger partial charge is 0.481 e. The van der Waals surface area contributed by atoms with Gasteiger partial charge in [-0.25, -0.2) is 0 Å². The molecule has 0 radical (unpaired) electrons. The number of alkyl halides is 1. The fraction of sp³-hybridized carbons (Fsp3) is 0.727. The maximum atomic E-state index is 11.2. The van der Waals surface area contributed by atoms with E-state index >= 15 is 0 Å². The first-order valence-electron chi connectivity index (χ1n) is 5.96. The number of nitrogens with one attached hydrogen (secondary N) is 1. The van der Waals surface area contributed by atoms with Gasteiger partial charge in [-0.3, -0.25) is 14.4 Å². The molecule has 0 saturated carbocycles. The molecule has 3 rings (SSSR count). The summed E-state index contributed by atoms with van der Waals surface area (Å²) >= 11 is 7.20. The molecule has 0 aromatic rings. The first-order valence-corrected chi connectivity index (χ1v) is 7.54. The van der Waals surface area contributed by atoms with Crippen molar-refractivity contribution in [1.82, 2.24) is 10.2 Å². The number of amides is 2. The molecule has 0 spiro atoms. The van der Waals surface area contributed by atoms with Crippen LogP contribution < -0.4 is 5.32 Å². The van der Waals surface area contributed by atoms with Gasteiger partial charge in [0.15, 0.2) is 0 Å². The van der Waals surface area contributed by atoms with Gasteiger partial charge in [0, 0.05) is 31.1 Å². The van der Waals surface area contributed by atoms with Gasteiger partial charge in [0.05, 0.1) is 11.8 Å². The number of hydrogen-bond acceptors (Lipinski definition) is 4. The summed E-state index contributed by atoms with van der Waals surface area (Å²) in [5, 5.41) is 11.8. The number of carbonyl (C=O) groups is 3. The van der Waals surface area contributed by atoms with E-state index in [2.05, 4.69) is 5.32 Å². The smallest absolute Gasteiger partial charge is 0.313 e. The summed E-state index contributed by atoms with van der Waals surface area (Å²) in [5.41, 5.74) is -0.946. The molecule has 1 unspecified atom stereocenters. The molecule has 19 heavy (non-hydrogen) atoms. The second kappa shape index (κ2) is 5.58. The summed E-state index contributed by atoms with van der Waals surface area (Å²) in [5.74, 6) is -0.118. The van der Waals surface area contributed by atoms with Crippen LogP contribution in [0.5, 0.6) is 0 Å². The first kappa shape index (κ1) is 14.5. The molecular weight excluding hydrogens is 292 g/mol.